The number of carbonyl (C=O) groups excluding carboxylic acids is 1. The summed E-state index contributed by atoms with van der Waals surface area (Å²) in [4.78, 5) is 38.5. The predicted octanol–water partition coefficient (Wildman–Crippen LogP) is 5.11. The number of carbonyl (C=O) groups is 1. The van der Waals surface area contributed by atoms with E-state index in [9.17, 15) is 24.6 Å². The summed E-state index contributed by atoms with van der Waals surface area (Å²) in [6.07, 6.45) is 0.339. The van der Waals surface area contributed by atoms with Crippen LogP contribution in [0.1, 0.15) is 78.8 Å². The Kier molecular flexibility index (Phi) is 7.93. The molecule has 0 radical (unpaired) electrons. The molecule has 0 spiro atoms. The molecule has 0 saturated carbocycles. The third-order valence-electron chi connectivity index (χ3n) is 6.59. The second-order valence-electron chi connectivity index (χ2n) is 9.58. The summed E-state index contributed by atoms with van der Waals surface area (Å²) in [7, 11) is 1.00. The number of benzene rings is 2. The fourth-order valence-corrected chi connectivity index (χ4v) is 4.70. The fraction of sp³-hybridized carbons (Fsp3) is 0.345. The smallest absolute Gasteiger partial charge is 0.344 e. The van der Waals surface area contributed by atoms with Gasteiger partial charge in [-0.15, -0.1) is 0 Å². The maximum Gasteiger partial charge on any atom is 0.344 e. The lowest BCUT2D eigenvalue weighted by Crippen LogP contribution is -2.21. The van der Waals surface area contributed by atoms with Crippen LogP contribution in [-0.2, 0) is 4.79 Å². The van der Waals surface area contributed by atoms with Gasteiger partial charge in [-0.1, -0.05) is 52.0 Å². The third-order valence-corrected chi connectivity index (χ3v) is 6.59. The van der Waals surface area contributed by atoms with Crippen LogP contribution < -0.4 is 11.3 Å². The molecule has 0 aliphatic carbocycles. The molecular formula is C29H32O8. The highest BCUT2D eigenvalue weighted by atomic mass is 16.4. The van der Waals surface area contributed by atoms with E-state index in [2.05, 4.69) is 0 Å². The standard InChI is InChI=1S/C28H28O7.CH4O/c1-12(2)16-9-7-14(5)25-19(16)23(30)21(27(32)34-25)18(11-29)22-24(31)20-17(13(3)4)10-8-15(6)26(20)35-28(22)33;1-2/h7-13,18,30-31H,1-6H3;2H,1H3. The van der Waals surface area contributed by atoms with Crippen LogP contribution in [0.2, 0.25) is 0 Å². The predicted molar refractivity (Wildman–Crippen MR) is 142 cm³/mol. The van der Waals surface area contributed by atoms with Crippen LogP contribution in [0.25, 0.3) is 21.9 Å². The van der Waals surface area contributed by atoms with Crippen molar-refractivity contribution in [2.24, 2.45) is 0 Å². The Morgan fingerprint density at radius 1 is 0.703 bits per heavy atom. The zero-order chi connectivity index (χ0) is 27.8. The number of aryl methyl sites for hydroxylation is 2. The summed E-state index contributed by atoms with van der Waals surface area (Å²) in [5.41, 5.74) is 0.343. The molecule has 0 aliphatic rings. The molecule has 2 heterocycles. The topological polar surface area (TPSA) is 138 Å². The van der Waals surface area contributed by atoms with E-state index in [-0.39, 0.29) is 23.0 Å². The van der Waals surface area contributed by atoms with Crippen LogP contribution >= 0.6 is 0 Å². The molecule has 0 aliphatic heterocycles. The molecule has 0 bridgehead atoms. The Morgan fingerprint density at radius 3 is 1.35 bits per heavy atom. The molecule has 0 saturated heterocycles. The van der Waals surface area contributed by atoms with E-state index in [4.69, 9.17) is 13.9 Å². The van der Waals surface area contributed by atoms with Gasteiger partial charge in [0.05, 0.1) is 27.8 Å². The molecule has 8 heteroatoms. The molecule has 0 fully saturated rings. The van der Waals surface area contributed by atoms with Crippen molar-refractivity contribution >= 4 is 28.2 Å². The lowest BCUT2D eigenvalue weighted by Gasteiger charge is -2.19. The largest absolute Gasteiger partial charge is 0.507 e. The first-order chi connectivity index (χ1) is 17.5. The van der Waals surface area contributed by atoms with Crippen molar-refractivity contribution in [1.29, 1.82) is 0 Å². The van der Waals surface area contributed by atoms with Gasteiger partial charge in [0.2, 0.25) is 0 Å². The second-order valence-corrected chi connectivity index (χ2v) is 9.58. The Labute approximate surface area is 213 Å². The summed E-state index contributed by atoms with van der Waals surface area (Å²) in [5.74, 6) is -2.57. The molecule has 2 aromatic carbocycles. The average Bonchev–Trinajstić information content (AvgIpc) is 2.85. The number of rotatable bonds is 5. The zero-order valence-corrected chi connectivity index (χ0v) is 22.0. The summed E-state index contributed by atoms with van der Waals surface area (Å²) >= 11 is 0. The normalized spacial score (nSPS) is 11.4. The van der Waals surface area contributed by atoms with Crippen LogP contribution in [0.4, 0.5) is 0 Å². The maximum absolute atomic E-state index is 13.1. The average molecular weight is 509 g/mol. The molecular weight excluding hydrogens is 476 g/mol. The summed E-state index contributed by atoms with van der Waals surface area (Å²) in [6.45, 7) is 11.2. The molecule has 8 nitrogen and oxygen atoms in total. The maximum atomic E-state index is 13.1. The lowest BCUT2D eigenvalue weighted by molar-refractivity contribution is -0.108. The summed E-state index contributed by atoms with van der Waals surface area (Å²) < 4.78 is 11.1. The molecule has 0 amide bonds. The van der Waals surface area contributed by atoms with E-state index in [1.165, 1.54) is 0 Å². The van der Waals surface area contributed by atoms with Crippen molar-refractivity contribution < 1.29 is 28.9 Å². The van der Waals surface area contributed by atoms with Crippen LogP contribution in [0.15, 0.2) is 42.7 Å². The van der Waals surface area contributed by atoms with Crippen LogP contribution in [0, 0.1) is 13.8 Å². The molecule has 4 aromatic rings. The van der Waals surface area contributed by atoms with Gasteiger partial charge in [0.1, 0.15) is 29.0 Å². The Bertz CT molecular complexity index is 1490. The molecule has 4 rings (SSSR count). The SMILES string of the molecule is CO.Cc1ccc(C(C)C)c2c(O)c(C(C=O)c3c(O)c4c(C(C)C)ccc(C)c4oc3=O)c(=O)oc12. The second kappa shape index (κ2) is 10.6. The minimum absolute atomic E-state index is 0.0325. The highest BCUT2D eigenvalue weighted by Crippen LogP contribution is 2.42. The monoisotopic (exact) mass is 508 g/mol. The minimum atomic E-state index is -1.60. The number of aromatic hydroxyl groups is 2. The van der Waals surface area contributed by atoms with Gasteiger partial charge in [-0.05, 0) is 47.9 Å². The van der Waals surface area contributed by atoms with Crippen molar-refractivity contribution in [3.05, 3.63) is 78.5 Å². The number of fused-ring (bicyclic) bond motifs is 2. The zero-order valence-electron chi connectivity index (χ0n) is 22.0. The molecule has 2 aromatic heterocycles. The fourth-order valence-electron chi connectivity index (χ4n) is 4.70. The molecule has 0 unspecified atom stereocenters. The van der Waals surface area contributed by atoms with Gasteiger partial charge in [-0.2, -0.15) is 0 Å². The number of aliphatic hydroxyl groups is 1. The number of aliphatic hydroxyl groups excluding tert-OH is 1. The van der Waals surface area contributed by atoms with Crippen LogP contribution in [0.5, 0.6) is 11.5 Å². The van der Waals surface area contributed by atoms with Gasteiger partial charge in [0.15, 0.2) is 0 Å². The van der Waals surface area contributed by atoms with Crippen molar-refractivity contribution in [1.82, 2.24) is 0 Å². The van der Waals surface area contributed by atoms with E-state index in [0.29, 0.717) is 39.3 Å². The lowest BCUT2D eigenvalue weighted by atomic mass is 9.88. The number of aldehydes is 1. The van der Waals surface area contributed by atoms with Gasteiger partial charge in [-0.25, -0.2) is 9.59 Å². The van der Waals surface area contributed by atoms with E-state index < -0.39 is 39.8 Å². The van der Waals surface area contributed by atoms with Gasteiger partial charge < -0.3 is 28.9 Å². The highest BCUT2D eigenvalue weighted by molar-refractivity contribution is 5.94. The van der Waals surface area contributed by atoms with E-state index >= 15 is 0 Å². The quantitative estimate of drug-likeness (QED) is 0.250. The van der Waals surface area contributed by atoms with Gasteiger partial charge in [-0.3, -0.25) is 0 Å². The van der Waals surface area contributed by atoms with Crippen molar-refractivity contribution in [3.63, 3.8) is 0 Å². The summed E-state index contributed by atoms with van der Waals surface area (Å²) in [6, 6.07) is 7.22. The highest BCUT2D eigenvalue weighted by Gasteiger charge is 2.32. The molecule has 196 valence electrons. The van der Waals surface area contributed by atoms with Gasteiger partial charge in [0.25, 0.3) is 0 Å². The number of hydrogen-bond acceptors (Lipinski definition) is 8. The number of hydrogen-bond donors (Lipinski definition) is 3. The van der Waals surface area contributed by atoms with E-state index in [0.717, 1.165) is 7.11 Å². The van der Waals surface area contributed by atoms with Crippen molar-refractivity contribution in [2.75, 3.05) is 7.11 Å². The first kappa shape index (κ1) is 27.7. The summed E-state index contributed by atoms with van der Waals surface area (Å²) in [5, 5.41) is 30.2. The Morgan fingerprint density at radius 2 is 1.05 bits per heavy atom. The minimum Gasteiger partial charge on any atom is -0.507 e. The van der Waals surface area contributed by atoms with Crippen molar-refractivity contribution in [2.45, 2.75) is 59.3 Å². The first-order valence-corrected chi connectivity index (χ1v) is 12.0. The Hall–Kier alpha value is -3.91. The Balaban J connectivity index is 0.00000186. The third kappa shape index (κ3) is 4.53. The van der Waals surface area contributed by atoms with Crippen LogP contribution in [0.3, 0.4) is 0 Å². The van der Waals surface area contributed by atoms with Crippen molar-refractivity contribution in [3.8, 4) is 11.5 Å². The van der Waals surface area contributed by atoms with Crippen LogP contribution in [-0.4, -0.2) is 28.7 Å². The van der Waals surface area contributed by atoms with Gasteiger partial charge >= 0.3 is 11.3 Å². The van der Waals surface area contributed by atoms with E-state index in [1.54, 1.807) is 26.0 Å². The molecule has 0 atom stereocenters. The molecule has 3 N–H and O–H groups in total. The molecule has 37 heavy (non-hydrogen) atoms. The first-order valence-electron chi connectivity index (χ1n) is 12.0. The van der Waals surface area contributed by atoms with Gasteiger partial charge in [0, 0.05) is 7.11 Å². The van der Waals surface area contributed by atoms with E-state index in [1.807, 2.05) is 39.8 Å².